The number of halogens is 1. The smallest absolute Gasteiger partial charge is 0.314 e. The molecule has 3 aromatic rings. The van der Waals surface area contributed by atoms with Gasteiger partial charge in [-0.2, -0.15) is 5.10 Å². The van der Waals surface area contributed by atoms with Crippen LogP contribution < -0.4 is 10.1 Å². The predicted molar refractivity (Wildman–Crippen MR) is 130 cm³/mol. The maximum Gasteiger partial charge on any atom is 0.314 e. The fourth-order valence-electron chi connectivity index (χ4n) is 4.39. The lowest BCUT2D eigenvalue weighted by molar-refractivity contribution is -0.0949. The first-order valence-corrected chi connectivity index (χ1v) is 11.9. The van der Waals surface area contributed by atoms with Gasteiger partial charge in [0.05, 0.1) is 16.7 Å². The summed E-state index contributed by atoms with van der Waals surface area (Å²) in [6.07, 6.45) is 2.72. The van der Waals surface area contributed by atoms with Crippen LogP contribution >= 0.6 is 27.7 Å². The van der Waals surface area contributed by atoms with E-state index in [2.05, 4.69) is 39.4 Å². The normalized spacial score (nSPS) is 24.7. The lowest BCUT2D eigenvalue weighted by Crippen LogP contribution is -2.61. The number of hydrogen-bond acceptors (Lipinski definition) is 5. The Labute approximate surface area is 198 Å². The highest BCUT2D eigenvalue weighted by Gasteiger charge is 2.58. The molecule has 1 N–H and O–H groups in total. The highest BCUT2D eigenvalue weighted by Crippen LogP contribution is 2.53. The third-order valence-electron chi connectivity index (χ3n) is 5.83. The van der Waals surface area contributed by atoms with Crippen LogP contribution in [0.25, 0.3) is 6.08 Å². The number of nitrogens with one attached hydrogen (secondary N) is 1. The number of amides is 1. The Kier molecular flexibility index (Phi) is 4.62. The minimum absolute atomic E-state index is 0.0652. The lowest BCUT2D eigenvalue weighted by Gasteiger charge is -2.45. The summed E-state index contributed by atoms with van der Waals surface area (Å²) in [7, 11) is 0. The highest BCUT2D eigenvalue weighted by atomic mass is 79.9. The standard InChI is InChI=1S/C25H18BrN3O2S/c26-18-11-12-22-19(14-18)21-15-20(17-9-5-2-6-10-17)28-29(21)25(31-22)23(32-24(30)27-25)13-16-7-3-1-4-8-16/h1-14,21H,15H2,(H,27,30)/b23-13-/t21-,25+/m0/s1. The number of rotatable bonds is 2. The minimum atomic E-state index is -1.18. The van der Waals surface area contributed by atoms with E-state index in [-0.39, 0.29) is 11.3 Å². The van der Waals surface area contributed by atoms with E-state index in [0.29, 0.717) is 0 Å². The molecule has 3 aliphatic rings. The molecule has 0 aromatic heterocycles. The second kappa shape index (κ2) is 7.53. The summed E-state index contributed by atoms with van der Waals surface area (Å²) in [4.78, 5) is 13.4. The number of benzene rings is 3. The molecule has 1 amide bonds. The van der Waals surface area contributed by atoms with E-state index in [4.69, 9.17) is 9.84 Å². The fraction of sp³-hybridized carbons (Fsp3) is 0.120. The van der Waals surface area contributed by atoms with Crippen LogP contribution in [0.1, 0.15) is 29.2 Å². The van der Waals surface area contributed by atoms with Crippen molar-refractivity contribution in [2.45, 2.75) is 18.3 Å². The number of hydrazone groups is 1. The molecule has 1 saturated heterocycles. The SMILES string of the molecule is O=C1N[C@]2(Oc3ccc(Br)cc3[C@@H]3CC(c4ccccc4)=NN32)/C(=C/c2ccccc2)S1. The van der Waals surface area contributed by atoms with Crippen LogP contribution in [0.5, 0.6) is 5.75 Å². The second-order valence-corrected chi connectivity index (χ2v) is 9.77. The van der Waals surface area contributed by atoms with Gasteiger partial charge in [-0.15, -0.1) is 0 Å². The van der Waals surface area contributed by atoms with Crippen molar-refractivity contribution >= 4 is 44.7 Å². The summed E-state index contributed by atoms with van der Waals surface area (Å²) in [6, 6.07) is 26.0. The van der Waals surface area contributed by atoms with Gasteiger partial charge in [-0.1, -0.05) is 76.6 Å². The largest absolute Gasteiger partial charge is 0.444 e. The van der Waals surface area contributed by atoms with Crippen molar-refractivity contribution in [2.24, 2.45) is 5.10 Å². The van der Waals surface area contributed by atoms with Crippen LogP contribution in [0.3, 0.4) is 0 Å². The summed E-state index contributed by atoms with van der Waals surface area (Å²) in [5, 5.41) is 9.86. The van der Waals surface area contributed by atoms with E-state index in [1.54, 1.807) is 0 Å². The van der Waals surface area contributed by atoms with Gasteiger partial charge in [0.15, 0.2) is 0 Å². The highest BCUT2D eigenvalue weighted by molar-refractivity contribution is 9.10. The van der Waals surface area contributed by atoms with Gasteiger partial charge in [0.25, 0.3) is 5.24 Å². The number of nitrogens with zero attached hydrogens (tertiary/aromatic N) is 2. The van der Waals surface area contributed by atoms with E-state index in [0.717, 1.165) is 55.7 Å². The van der Waals surface area contributed by atoms with Crippen LogP contribution in [0.15, 0.2) is 93.3 Å². The molecule has 0 aliphatic carbocycles. The van der Waals surface area contributed by atoms with E-state index in [9.17, 15) is 4.79 Å². The van der Waals surface area contributed by atoms with Gasteiger partial charge >= 0.3 is 5.85 Å². The lowest BCUT2D eigenvalue weighted by atomic mass is 9.95. The molecule has 1 fully saturated rings. The zero-order chi connectivity index (χ0) is 21.7. The molecule has 0 radical (unpaired) electrons. The first-order valence-electron chi connectivity index (χ1n) is 10.3. The van der Waals surface area contributed by atoms with Crippen molar-refractivity contribution in [2.75, 3.05) is 0 Å². The Morgan fingerprint density at radius 3 is 2.62 bits per heavy atom. The predicted octanol–water partition coefficient (Wildman–Crippen LogP) is 6.14. The zero-order valence-electron chi connectivity index (χ0n) is 16.9. The molecule has 3 aromatic carbocycles. The van der Waals surface area contributed by atoms with Gasteiger partial charge in [-0.25, -0.2) is 5.01 Å². The van der Waals surface area contributed by atoms with Crippen molar-refractivity contribution in [1.29, 1.82) is 0 Å². The average molecular weight is 504 g/mol. The first-order chi connectivity index (χ1) is 15.6. The van der Waals surface area contributed by atoms with Gasteiger partial charge in [0, 0.05) is 16.5 Å². The third kappa shape index (κ3) is 3.15. The van der Waals surface area contributed by atoms with Crippen LogP contribution in [-0.2, 0) is 0 Å². The second-order valence-electron chi connectivity index (χ2n) is 7.84. The molecule has 0 bridgehead atoms. The molecule has 7 heteroatoms. The maximum atomic E-state index is 12.7. The van der Waals surface area contributed by atoms with Crippen molar-refractivity contribution < 1.29 is 9.53 Å². The minimum Gasteiger partial charge on any atom is -0.444 e. The van der Waals surface area contributed by atoms with Crippen LogP contribution in [-0.4, -0.2) is 21.8 Å². The van der Waals surface area contributed by atoms with Crippen molar-refractivity contribution in [3.63, 3.8) is 0 Å². The topological polar surface area (TPSA) is 53.9 Å². The van der Waals surface area contributed by atoms with Crippen LogP contribution in [0, 0.1) is 0 Å². The number of carbonyl (C=O) groups excluding carboxylic acids is 1. The summed E-state index contributed by atoms with van der Waals surface area (Å²) >= 11 is 4.75. The van der Waals surface area contributed by atoms with Gasteiger partial charge < -0.3 is 4.74 Å². The van der Waals surface area contributed by atoms with E-state index >= 15 is 0 Å². The van der Waals surface area contributed by atoms with Gasteiger partial charge in [0.1, 0.15) is 5.75 Å². The van der Waals surface area contributed by atoms with Crippen LogP contribution in [0.4, 0.5) is 4.79 Å². The van der Waals surface area contributed by atoms with E-state index < -0.39 is 5.85 Å². The van der Waals surface area contributed by atoms with Crippen molar-refractivity contribution in [3.8, 4) is 5.75 Å². The monoisotopic (exact) mass is 503 g/mol. The average Bonchev–Trinajstić information content (AvgIpc) is 3.39. The van der Waals surface area contributed by atoms with Crippen LogP contribution in [0.2, 0.25) is 0 Å². The molecule has 158 valence electrons. The molecule has 3 aliphatic heterocycles. The summed E-state index contributed by atoms with van der Waals surface area (Å²) < 4.78 is 7.55. The van der Waals surface area contributed by atoms with Gasteiger partial charge in [0.2, 0.25) is 0 Å². The van der Waals surface area contributed by atoms with E-state index in [1.165, 1.54) is 0 Å². The number of fused-ring (bicyclic) bond motifs is 4. The summed E-state index contributed by atoms with van der Waals surface area (Å²) in [5.74, 6) is -0.430. The molecular weight excluding hydrogens is 486 g/mol. The molecule has 0 saturated carbocycles. The quantitative estimate of drug-likeness (QED) is 0.455. The number of hydrogen-bond donors (Lipinski definition) is 1. The molecule has 32 heavy (non-hydrogen) atoms. The number of ether oxygens (including phenoxy) is 1. The molecule has 3 heterocycles. The van der Waals surface area contributed by atoms with Gasteiger partial charge in [-0.05, 0) is 47.2 Å². The van der Waals surface area contributed by atoms with Crippen molar-refractivity contribution in [3.05, 3.63) is 105 Å². The molecule has 2 atom stereocenters. The molecule has 1 spiro atoms. The Morgan fingerprint density at radius 2 is 1.84 bits per heavy atom. The molecule has 5 nitrogen and oxygen atoms in total. The maximum absolute atomic E-state index is 12.7. The molecular formula is C25H18BrN3O2S. The Hall–Kier alpha value is -3.03. The molecule has 0 unspecified atom stereocenters. The summed E-state index contributed by atoms with van der Waals surface area (Å²) in [5.41, 5.74) is 4.08. The zero-order valence-corrected chi connectivity index (χ0v) is 19.3. The molecule has 6 rings (SSSR count). The Morgan fingerprint density at radius 1 is 1.09 bits per heavy atom. The van der Waals surface area contributed by atoms with E-state index in [1.807, 2.05) is 71.7 Å². The first kappa shape index (κ1) is 19.6. The Bertz CT molecular complexity index is 1280. The van der Waals surface area contributed by atoms with Gasteiger partial charge in [-0.3, -0.25) is 10.1 Å². The number of carbonyl (C=O) groups is 1. The number of thioether (sulfide) groups is 1. The third-order valence-corrected chi connectivity index (χ3v) is 7.23. The fourth-order valence-corrected chi connectivity index (χ4v) is 5.68. The summed E-state index contributed by atoms with van der Waals surface area (Å²) in [6.45, 7) is 0. The Balaban J connectivity index is 1.53. The van der Waals surface area contributed by atoms with Crippen molar-refractivity contribution in [1.82, 2.24) is 10.3 Å².